The van der Waals surface area contributed by atoms with Crippen molar-refractivity contribution in [1.82, 2.24) is 9.55 Å². The molecule has 3 heterocycles. The van der Waals surface area contributed by atoms with E-state index in [4.69, 9.17) is 0 Å². The van der Waals surface area contributed by atoms with Crippen LogP contribution in [0, 0.1) is 5.82 Å². The summed E-state index contributed by atoms with van der Waals surface area (Å²) in [5.41, 5.74) is 1.89. The molecular weight excluding hydrogens is 195 g/mol. The molecule has 0 aromatic carbocycles. The maximum atomic E-state index is 13.6. The van der Waals surface area contributed by atoms with Crippen molar-refractivity contribution in [2.75, 3.05) is 0 Å². The van der Waals surface area contributed by atoms with Crippen molar-refractivity contribution >= 4 is 11.0 Å². The van der Waals surface area contributed by atoms with Crippen molar-refractivity contribution in [2.24, 2.45) is 0 Å². The zero-order valence-electron chi connectivity index (χ0n) is 8.20. The molecule has 1 aliphatic rings. The monoisotopic (exact) mass is 204 g/mol. The molecule has 0 saturated heterocycles. The van der Waals surface area contributed by atoms with Crippen molar-refractivity contribution < 1.29 is 4.39 Å². The van der Waals surface area contributed by atoms with Gasteiger partial charge in [-0.25, -0.2) is 4.39 Å². The van der Waals surface area contributed by atoms with Crippen LogP contribution in [0.1, 0.15) is 18.4 Å². The minimum Gasteiger partial charge on any atom is -0.306 e. The Morgan fingerprint density at radius 1 is 1.53 bits per heavy atom. The number of halogens is 1. The van der Waals surface area contributed by atoms with Gasteiger partial charge >= 0.3 is 0 Å². The molecule has 0 radical (unpaired) electrons. The molecule has 15 heavy (non-hydrogen) atoms. The Kier molecular flexibility index (Phi) is 1.52. The summed E-state index contributed by atoms with van der Waals surface area (Å²) in [4.78, 5) is 15.6. The second-order valence-electron chi connectivity index (χ2n) is 3.94. The predicted molar refractivity (Wildman–Crippen MR) is 54.4 cm³/mol. The molecule has 0 N–H and O–H groups in total. The zero-order chi connectivity index (χ0) is 10.6. The van der Waals surface area contributed by atoms with Crippen molar-refractivity contribution in [3.8, 4) is 0 Å². The summed E-state index contributed by atoms with van der Waals surface area (Å²) in [6.45, 7) is 2.47. The van der Waals surface area contributed by atoms with E-state index in [0.717, 1.165) is 0 Å². The van der Waals surface area contributed by atoms with Gasteiger partial charge in [-0.05, 0) is 6.07 Å². The van der Waals surface area contributed by atoms with E-state index in [-0.39, 0.29) is 17.3 Å². The van der Waals surface area contributed by atoms with Crippen LogP contribution in [0.3, 0.4) is 0 Å². The quantitative estimate of drug-likeness (QED) is 0.654. The number of rotatable bonds is 0. The smallest absolute Gasteiger partial charge is 0.251 e. The van der Waals surface area contributed by atoms with Gasteiger partial charge in [0.1, 0.15) is 5.82 Å². The first-order valence-corrected chi connectivity index (χ1v) is 4.86. The van der Waals surface area contributed by atoms with Gasteiger partial charge in [-0.15, -0.1) is 0 Å². The number of nitrogens with zero attached hydrogens (tertiary/aromatic N) is 2. The predicted octanol–water partition coefficient (Wildman–Crippen LogP) is 1.65. The Balaban J connectivity index is 2.59. The summed E-state index contributed by atoms with van der Waals surface area (Å²) in [5, 5.41) is 0. The minimum atomic E-state index is -0.313. The van der Waals surface area contributed by atoms with Crippen LogP contribution in [0.25, 0.3) is 11.0 Å². The van der Waals surface area contributed by atoms with Gasteiger partial charge in [0.25, 0.3) is 5.56 Å². The van der Waals surface area contributed by atoms with Crippen molar-refractivity contribution in [3.63, 3.8) is 0 Å². The van der Waals surface area contributed by atoms with Gasteiger partial charge in [0.05, 0.1) is 17.2 Å². The summed E-state index contributed by atoms with van der Waals surface area (Å²) in [5.74, 6) is -0.266. The lowest BCUT2D eigenvalue weighted by molar-refractivity contribution is 0.577. The van der Waals surface area contributed by atoms with Gasteiger partial charge in [-0.2, -0.15) is 0 Å². The molecule has 0 bridgehead atoms. The van der Waals surface area contributed by atoms with Gasteiger partial charge < -0.3 is 4.57 Å². The zero-order valence-corrected chi connectivity index (χ0v) is 8.20. The highest BCUT2D eigenvalue weighted by Crippen LogP contribution is 2.32. The normalized spacial score (nSPS) is 18.7. The topological polar surface area (TPSA) is 34.9 Å². The van der Waals surface area contributed by atoms with Crippen molar-refractivity contribution in [1.29, 1.82) is 0 Å². The van der Waals surface area contributed by atoms with Gasteiger partial charge in [0.2, 0.25) is 0 Å². The summed E-state index contributed by atoms with van der Waals surface area (Å²) in [7, 11) is 0. The fourth-order valence-corrected chi connectivity index (χ4v) is 2.28. The number of pyridine rings is 2. The summed E-state index contributed by atoms with van der Waals surface area (Å²) in [6, 6.07) is 3.13. The number of aromatic nitrogens is 2. The Bertz CT molecular complexity index is 618. The van der Waals surface area contributed by atoms with Crippen LogP contribution in [0.2, 0.25) is 0 Å². The van der Waals surface area contributed by atoms with Crippen LogP contribution in [-0.4, -0.2) is 9.55 Å². The molecule has 1 aliphatic heterocycles. The maximum Gasteiger partial charge on any atom is 0.251 e. The second-order valence-corrected chi connectivity index (χ2v) is 3.94. The summed E-state index contributed by atoms with van der Waals surface area (Å²) in [6.07, 6.45) is 1.23. The lowest BCUT2D eigenvalue weighted by Crippen LogP contribution is -2.16. The first kappa shape index (κ1) is 8.59. The summed E-state index contributed by atoms with van der Waals surface area (Å²) < 4.78 is 15.2. The minimum absolute atomic E-state index is 0.0469. The van der Waals surface area contributed by atoms with Crippen LogP contribution in [0.15, 0.2) is 23.1 Å². The van der Waals surface area contributed by atoms with E-state index in [0.29, 0.717) is 23.1 Å². The van der Waals surface area contributed by atoms with E-state index in [2.05, 4.69) is 4.98 Å². The van der Waals surface area contributed by atoms with Gasteiger partial charge in [-0.1, -0.05) is 6.92 Å². The SMILES string of the molecule is C[C@@H]1Cn2c(=O)ccc3ncc(F)c1c32. The standard InChI is InChI=1S/C11H9FN2O/c1-6-5-14-9(15)3-2-8-11(14)10(6)7(12)4-13-8/h2-4,6H,5H2,1H3/t6-/m1/s1. The van der Waals surface area contributed by atoms with Crippen molar-refractivity contribution in [3.05, 3.63) is 40.1 Å². The molecule has 2 aromatic rings. The Labute approximate surface area is 85.2 Å². The molecule has 2 aromatic heterocycles. The molecule has 0 saturated carbocycles. The molecule has 1 atom stereocenters. The van der Waals surface area contributed by atoms with E-state index < -0.39 is 0 Å². The third-order valence-corrected chi connectivity index (χ3v) is 2.94. The van der Waals surface area contributed by atoms with Crippen LogP contribution in [-0.2, 0) is 6.54 Å². The first-order chi connectivity index (χ1) is 7.18. The van der Waals surface area contributed by atoms with E-state index in [1.54, 1.807) is 10.6 Å². The molecule has 76 valence electrons. The Hall–Kier alpha value is -1.71. The Morgan fingerprint density at radius 2 is 2.33 bits per heavy atom. The lowest BCUT2D eigenvalue weighted by atomic mass is 10.0. The molecule has 0 fully saturated rings. The van der Waals surface area contributed by atoms with Crippen LogP contribution < -0.4 is 5.56 Å². The van der Waals surface area contributed by atoms with Crippen LogP contribution >= 0.6 is 0 Å². The third-order valence-electron chi connectivity index (χ3n) is 2.94. The van der Waals surface area contributed by atoms with Gasteiger partial charge in [0.15, 0.2) is 0 Å². The van der Waals surface area contributed by atoms with E-state index in [1.807, 2.05) is 6.92 Å². The molecule has 3 nitrogen and oxygen atoms in total. The average Bonchev–Trinajstić information content (AvgIpc) is 2.56. The third kappa shape index (κ3) is 0.988. The summed E-state index contributed by atoms with van der Waals surface area (Å²) >= 11 is 0. The van der Waals surface area contributed by atoms with Gasteiger partial charge in [0, 0.05) is 24.1 Å². The largest absolute Gasteiger partial charge is 0.306 e. The molecule has 0 spiro atoms. The fourth-order valence-electron chi connectivity index (χ4n) is 2.28. The highest BCUT2D eigenvalue weighted by molar-refractivity contribution is 5.80. The van der Waals surface area contributed by atoms with E-state index in [1.165, 1.54) is 12.3 Å². The molecule has 0 unspecified atom stereocenters. The molecular formula is C11H9FN2O. The molecule has 3 rings (SSSR count). The Morgan fingerprint density at radius 3 is 3.13 bits per heavy atom. The van der Waals surface area contributed by atoms with E-state index in [9.17, 15) is 9.18 Å². The lowest BCUT2D eigenvalue weighted by Gasteiger charge is -2.03. The fraction of sp³-hybridized carbons (Fsp3) is 0.273. The average molecular weight is 204 g/mol. The first-order valence-electron chi connectivity index (χ1n) is 4.86. The highest BCUT2D eigenvalue weighted by Gasteiger charge is 2.25. The molecule has 0 aliphatic carbocycles. The van der Waals surface area contributed by atoms with Crippen LogP contribution in [0.4, 0.5) is 4.39 Å². The number of hydrogen-bond acceptors (Lipinski definition) is 2. The van der Waals surface area contributed by atoms with E-state index >= 15 is 0 Å². The maximum absolute atomic E-state index is 13.6. The molecule has 0 amide bonds. The molecule has 4 heteroatoms. The highest BCUT2D eigenvalue weighted by atomic mass is 19.1. The van der Waals surface area contributed by atoms with Crippen molar-refractivity contribution in [2.45, 2.75) is 19.4 Å². The number of hydrogen-bond donors (Lipinski definition) is 0. The van der Waals surface area contributed by atoms with Crippen LogP contribution in [0.5, 0.6) is 0 Å². The van der Waals surface area contributed by atoms with Gasteiger partial charge in [-0.3, -0.25) is 9.78 Å². The second kappa shape index (κ2) is 2.66.